The van der Waals surface area contributed by atoms with Crippen molar-refractivity contribution in [2.24, 2.45) is 4.99 Å². The maximum atomic E-state index is 12.1. The fourth-order valence-corrected chi connectivity index (χ4v) is 4.02. The van der Waals surface area contributed by atoms with E-state index in [1.165, 1.54) is 24.8 Å². The lowest BCUT2D eigenvalue weighted by Crippen LogP contribution is -2.49. The molecule has 1 fully saturated rings. The van der Waals surface area contributed by atoms with Crippen molar-refractivity contribution in [3.05, 3.63) is 70.2 Å². The number of carbonyl (C=O) groups is 1. The van der Waals surface area contributed by atoms with Crippen LogP contribution >= 0.6 is 11.6 Å². The van der Waals surface area contributed by atoms with Gasteiger partial charge in [-0.05, 0) is 54.7 Å². The average Bonchev–Trinajstić information content (AvgIpc) is 2.72. The van der Waals surface area contributed by atoms with Gasteiger partial charge in [-0.25, -0.2) is 0 Å². The van der Waals surface area contributed by atoms with Crippen LogP contribution in [0.25, 0.3) is 0 Å². The predicted molar refractivity (Wildman–Crippen MR) is 125 cm³/mol. The molecule has 0 aromatic heterocycles. The lowest BCUT2D eigenvalue weighted by atomic mass is 9.64. The van der Waals surface area contributed by atoms with E-state index in [9.17, 15) is 4.79 Å². The molecule has 3 rings (SSSR count). The molecule has 0 saturated heterocycles. The van der Waals surface area contributed by atoms with Crippen molar-refractivity contribution in [2.75, 3.05) is 34.2 Å². The predicted octanol–water partition coefficient (Wildman–Crippen LogP) is 3.87. The molecule has 0 heterocycles. The quantitative estimate of drug-likeness (QED) is 0.522. The Kier molecular flexibility index (Phi) is 7.38. The van der Waals surface area contributed by atoms with Gasteiger partial charge in [0.2, 0.25) is 0 Å². The smallest absolute Gasteiger partial charge is 0.253 e. The number of halogens is 1. The minimum Gasteiger partial charge on any atom is -0.356 e. The molecule has 2 aromatic rings. The zero-order valence-electron chi connectivity index (χ0n) is 18.0. The molecule has 0 bridgehead atoms. The van der Waals surface area contributed by atoms with Crippen LogP contribution in [0.15, 0.2) is 53.5 Å². The first kappa shape index (κ1) is 22.2. The second-order valence-corrected chi connectivity index (χ2v) is 8.58. The van der Waals surface area contributed by atoms with Gasteiger partial charge in [-0.1, -0.05) is 42.3 Å². The fourth-order valence-electron chi connectivity index (χ4n) is 3.89. The number of guanidine groups is 1. The lowest BCUT2D eigenvalue weighted by molar-refractivity contribution is 0.0827. The molecule has 0 unspecified atom stereocenters. The van der Waals surface area contributed by atoms with Crippen molar-refractivity contribution >= 4 is 23.5 Å². The number of benzene rings is 2. The van der Waals surface area contributed by atoms with Gasteiger partial charge in [-0.15, -0.1) is 0 Å². The van der Waals surface area contributed by atoms with Gasteiger partial charge in [0.1, 0.15) is 0 Å². The summed E-state index contributed by atoms with van der Waals surface area (Å²) in [5, 5.41) is 7.67. The maximum absolute atomic E-state index is 12.1. The second kappa shape index (κ2) is 9.98. The van der Waals surface area contributed by atoms with Crippen LogP contribution in [0, 0.1) is 0 Å². The minimum atomic E-state index is 0.0234. The summed E-state index contributed by atoms with van der Waals surface area (Å²) in [5.41, 5.74) is 3.34. The Morgan fingerprint density at radius 1 is 1.13 bits per heavy atom. The molecule has 1 aliphatic carbocycles. The van der Waals surface area contributed by atoms with E-state index in [2.05, 4.69) is 27.8 Å². The van der Waals surface area contributed by atoms with E-state index in [0.717, 1.165) is 41.6 Å². The van der Waals surface area contributed by atoms with E-state index in [4.69, 9.17) is 11.6 Å². The minimum absolute atomic E-state index is 0.0234. The lowest BCUT2D eigenvalue weighted by Gasteiger charge is -2.43. The molecular weight excluding hydrogens is 396 g/mol. The van der Waals surface area contributed by atoms with E-state index in [-0.39, 0.29) is 11.3 Å². The van der Waals surface area contributed by atoms with Gasteiger partial charge in [0.05, 0.1) is 0 Å². The van der Waals surface area contributed by atoms with E-state index in [0.29, 0.717) is 0 Å². The highest BCUT2D eigenvalue weighted by atomic mass is 35.5. The third-order valence-electron chi connectivity index (χ3n) is 5.87. The van der Waals surface area contributed by atoms with E-state index in [1.807, 2.05) is 36.4 Å². The van der Waals surface area contributed by atoms with Crippen molar-refractivity contribution in [3.63, 3.8) is 0 Å². The Labute approximate surface area is 184 Å². The van der Waals surface area contributed by atoms with Gasteiger partial charge in [-0.3, -0.25) is 9.79 Å². The molecule has 0 aliphatic heterocycles. The topological polar surface area (TPSA) is 56.7 Å². The second-order valence-electron chi connectivity index (χ2n) is 8.14. The molecule has 1 aliphatic rings. The highest BCUT2D eigenvalue weighted by Gasteiger charge is 2.38. The first-order chi connectivity index (χ1) is 14.4. The van der Waals surface area contributed by atoms with Crippen LogP contribution in [0.4, 0.5) is 0 Å². The van der Waals surface area contributed by atoms with E-state index < -0.39 is 0 Å². The van der Waals surface area contributed by atoms with Gasteiger partial charge in [0.15, 0.2) is 5.96 Å². The molecule has 5 nitrogen and oxygen atoms in total. The number of aliphatic imine (C=N–C) groups is 1. The summed E-state index contributed by atoms with van der Waals surface area (Å²) < 4.78 is 0. The largest absolute Gasteiger partial charge is 0.356 e. The molecule has 2 aromatic carbocycles. The summed E-state index contributed by atoms with van der Waals surface area (Å²) in [6, 6.07) is 16.0. The van der Waals surface area contributed by atoms with Crippen molar-refractivity contribution in [1.82, 2.24) is 15.5 Å². The van der Waals surface area contributed by atoms with Crippen LogP contribution in [-0.4, -0.2) is 51.0 Å². The number of hydrogen-bond acceptors (Lipinski definition) is 2. The standard InChI is InChI=1S/C24H31ClN4O/c1-26-23(27-15-12-18-6-4-7-19(16-18)22(30)29(2)3)28-17-24(13-5-14-24)20-8-10-21(25)11-9-20/h4,6-11,16H,5,12-15,17H2,1-3H3,(H2,26,27,28). The van der Waals surface area contributed by atoms with Gasteiger partial charge in [-0.2, -0.15) is 0 Å². The van der Waals surface area contributed by atoms with Crippen LogP contribution in [0.2, 0.25) is 5.02 Å². The summed E-state index contributed by atoms with van der Waals surface area (Å²) in [4.78, 5) is 18.1. The molecule has 0 spiro atoms. The summed E-state index contributed by atoms with van der Waals surface area (Å²) in [6.07, 6.45) is 4.41. The highest BCUT2D eigenvalue weighted by molar-refractivity contribution is 6.30. The molecule has 160 valence electrons. The van der Waals surface area contributed by atoms with Gasteiger partial charge >= 0.3 is 0 Å². The summed E-state index contributed by atoms with van der Waals surface area (Å²) in [5.74, 6) is 0.825. The number of nitrogens with one attached hydrogen (secondary N) is 2. The molecule has 0 atom stereocenters. The normalized spacial score (nSPS) is 15.3. The monoisotopic (exact) mass is 426 g/mol. The third kappa shape index (κ3) is 5.33. The van der Waals surface area contributed by atoms with Crippen LogP contribution in [0.5, 0.6) is 0 Å². The molecule has 6 heteroatoms. The van der Waals surface area contributed by atoms with Crippen LogP contribution in [0.3, 0.4) is 0 Å². The highest BCUT2D eigenvalue weighted by Crippen LogP contribution is 2.43. The Hall–Kier alpha value is -2.53. The number of amides is 1. The van der Waals surface area contributed by atoms with Crippen LogP contribution in [0.1, 0.15) is 40.7 Å². The van der Waals surface area contributed by atoms with Crippen molar-refractivity contribution in [3.8, 4) is 0 Å². The van der Waals surface area contributed by atoms with Crippen LogP contribution in [-0.2, 0) is 11.8 Å². The summed E-state index contributed by atoms with van der Waals surface area (Å²) in [6.45, 7) is 1.59. The number of nitrogens with zero attached hydrogens (tertiary/aromatic N) is 2. The SMILES string of the molecule is CN=C(NCCc1cccc(C(=O)N(C)C)c1)NCC1(c2ccc(Cl)cc2)CCC1. The van der Waals surface area contributed by atoms with Crippen molar-refractivity contribution in [1.29, 1.82) is 0 Å². The maximum Gasteiger partial charge on any atom is 0.253 e. The van der Waals surface area contributed by atoms with Crippen molar-refractivity contribution in [2.45, 2.75) is 31.1 Å². The Bertz CT molecular complexity index is 888. The Balaban J connectivity index is 1.52. The number of carbonyl (C=O) groups excluding carboxylic acids is 1. The molecule has 0 radical (unpaired) electrons. The zero-order valence-corrected chi connectivity index (χ0v) is 18.8. The zero-order chi connectivity index (χ0) is 21.6. The number of hydrogen-bond donors (Lipinski definition) is 2. The molecule has 1 amide bonds. The van der Waals surface area contributed by atoms with E-state index >= 15 is 0 Å². The molecule has 2 N–H and O–H groups in total. The summed E-state index contributed by atoms with van der Waals surface area (Å²) in [7, 11) is 5.33. The molecule has 1 saturated carbocycles. The Morgan fingerprint density at radius 3 is 2.47 bits per heavy atom. The van der Waals surface area contributed by atoms with Gasteiger partial charge in [0, 0.05) is 50.2 Å². The average molecular weight is 427 g/mol. The van der Waals surface area contributed by atoms with Gasteiger partial charge < -0.3 is 15.5 Å². The Morgan fingerprint density at radius 2 is 1.87 bits per heavy atom. The first-order valence-electron chi connectivity index (χ1n) is 10.4. The fraction of sp³-hybridized carbons (Fsp3) is 0.417. The first-order valence-corrected chi connectivity index (χ1v) is 10.8. The molecule has 30 heavy (non-hydrogen) atoms. The van der Waals surface area contributed by atoms with Crippen LogP contribution < -0.4 is 10.6 Å². The molecular formula is C24H31ClN4O. The third-order valence-corrected chi connectivity index (χ3v) is 6.12. The van der Waals surface area contributed by atoms with Gasteiger partial charge in [0.25, 0.3) is 5.91 Å². The number of rotatable bonds is 7. The van der Waals surface area contributed by atoms with Crippen molar-refractivity contribution < 1.29 is 4.79 Å². The summed E-state index contributed by atoms with van der Waals surface area (Å²) >= 11 is 6.06. The van der Waals surface area contributed by atoms with E-state index in [1.54, 1.807) is 26.0 Å².